The molecule has 4 aliphatic carbocycles. The van der Waals surface area contributed by atoms with Crippen molar-refractivity contribution in [1.29, 1.82) is 0 Å². The van der Waals surface area contributed by atoms with Gasteiger partial charge in [0.15, 0.2) is 0 Å². The van der Waals surface area contributed by atoms with Crippen LogP contribution < -0.4 is 0 Å². The number of hydrogen-bond donors (Lipinski definition) is 2. The van der Waals surface area contributed by atoms with Gasteiger partial charge in [-0.3, -0.25) is 0 Å². The van der Waals surface area contributed by atoms with Crippen molar-refractivity contribution in [3.05, 3.63) is 12.2 Å². The van der Waals surface area contributed by atoms with Gasteiger partial charge in [-0.2, -0.15) is 0 Å². The van der Waals surface area contributed by atoms with Gasteiger partial charge < -0.3 is 10.2 Å². The smallest absolute Gasteiger partial charge is 0.0750 e. The van der Waals surface area contributed by atoms with Gasteiger partial charge in [-0.1, -0.05) is 40.2 Å². The molecule has 0 aromatic heterocycles. The van der Waals surface area contributed by atoms with Crippen LogP contribution in [0.4, 0.5) is 0 Å². The Morgan fingerprint density at radius 3 is 2.37 bits per heavy atom. The van der Waals surface area contributed by atoms with Gasteiger partial charge in [0.25, 0.3) is 0 Å². The third-order valence-electron chi connectivity index (χ3n) is 10.9. The van der Waals surface area contributed by atoms with E-state index in [4.69, 9.17) is 0 Å². The van der Waals surface area contributed by atoms with Gasteiger partial charge >= 0.3 is 0 Å². The lowest BCUT2D eigenvalue weighted by Crippen LogP contribution is -2.54. The molecule has 0 saturated heterocycles. The fourth-order valence-electron chi connectivity index (χ4n) is 9.32. The maximum absolute atomic E-state index is 10.4. The zero-order valence-corrected chi connectivity index (χ0v) is 20.4. The summed E-state index contributed by atoms with van der Waals surface area (Å²) in [7, 11) is 0. The first kappa shape index (κ1) is 22.8. The van der Waals surface area contributed by atoms with Crippen molar-refractivity contribution in [2.45, 2.75) is 117 Å². The summed E-state index contributed by atoms with van der Waals surface area (Å²) in [5, 5.41) is 20.5. The number of aliphatic hydroxyl groups is 2. The molecule has 0 radical (unpaired) electrons. The summed E-state index contributed by atoms with van der Waals surface area (Å²) in [6, 6.07) is 0. The van der Waals surface area contributed by atoms with E-state index in [9.17, 15) is 10.2 Å². The summed E-state index contributed by atoms with van der Waals surface area (Å²) in [5.74, 6) is 4.81. The molecule has 30 heavy (non-hydrogen) atoms. The first-order chi connectivity index (χ1) is 14.0. The van der Waals surface area contributed by atoms with Crippen molar-refractivity contribution in [2.75, 3.05) is 0 Å². The van der Waals surface area contributed by atoms with Crippen LogP contribution in [0.25, 0.3) is 0 Å². The van der Waals surface area contributed by atoms with Gasteiger partial charge in [0.05, 0.1) is 11.7 Å². The van der Waals surface area contributed by atoms with Crippen LogP contribution >= 0.6 is 0 Å². The van der Waals surface area contributed by atoms with Crippen LogP contribution in [-0.4, -0.2) is 21.9 Å². The zero-order valence-electron chi connectivity index (χ0n) is 20.4. The first-order valence-corrected chi connectivity index (χ1v) is 13.1. The van der Waals surface area contributed by atoms with Crippen molar-refractivity contribution >= 4 is 0 Å². The second kappa shape index (κ2) is 7.91. The van der Waals surface area contributed by atoms with Gasteiger partial charge in [-0.15, -0.1) is 0 Å². The summed E-state index contributed by atoms with van der Waals surface area (Å²) >= 11 is 0. The largest absolute Gasteiger partial charge is 0.390 e. The molecule has 4 fully saturated rings. The van der Waals surface area contributed by atoms with Crippen LogP contribution in [0.2, 0.25) is 0 Å². The van der Waals surface area contributed by atoms with E-state index in [0.29, 0.717) is 16.7 Å². The van der Waals surface area contributed by atoms with Gasteiger partial charge in [-0.25, -0.2) is 0 Å². The lowest BCUT2D eigenvalue weighted by molar-refractivity contribution is -0.111. The lowest BCUT2D eigenvalue weighted by Gasteiger charge is -2.61. The summed E-state index contributed by atoms with van der Waals surface area (Å²) < 4.78 is 0. The SMILES string of the molecule is C=C1C2CC[C@H]3[C@@H]4CC[C@H]([C@H](C)CCCC(C)(C)O)[C@@]4(C)CC[C@@H]3[C@@]2(C)CC[C@@H]1O. The minimum atomic E-state index is -0.522. The van der Waals surface area contributed by atoms with Crippen LogP contribution in [0.5, 0.6) is 0 Å². The average Bonchev–Trinajstić information content (AvgIpc) is 3.01. The van der Waals surface area contributed by atoms with E-state index >= 15 is 0 Å². The third kappa shape index (κ3) is 3.72. The van der Waals surface area contributed by atoms with Gasteiger partial charge in [0.1, 0.15) is 0 Å². The lowest BCUT2D eigenvalue weighted by atomic mass is 9.44. The van der Waals surface area contributed by atoms with Crippen LogP contribution in [0.15, 0.2) is 12.2 Å². The molecule has 172 valence electrons. The van der Waals surface area contributed by atoms with Gasteiger partial charge in [0, 0.05) is 0 Å². The minimum absolute atomic E-state index is 0.255. The van der Waals surface area contributed by atoms with E-state index in [2.05, 4.69) is 27.4 Å². The Balaban J connectivity index is 1.47. The summed E-state index contributed by atoms with van der Waals surface area (Å²) in [4.78, 5) is 0. The number of aliphatic hydroxyl groups excluding tert-OH is 1. The monoisotopic (exact) mass is 416 g/mol. The molecule has 2 N–H and O–H groups in total. The molecule has 0 aliphatic heterocycles. The molecule has 0 bridgehead atoms. The van der Waals surface area contributed by atoms with Gasteiger partial charge in [-0.05, 0) is 124 Å². The van der Waals surface area contributed by atoms with E-state index in [0.717, 1.165) is 54.4 Å². The minimum Gasteiger partial charge on any atom is -0.390 e. The van der Waals surface area contributed by atoms with Crippen LogP contribution in [0.3, 0.4) is 0 Å². The Morgan fingerprint density at radius 1 is 1.00 bits per heavy atom. The predicted molar refractivity (Wildman–Crippen MR) is 125 cm³/mol. The summed E-state index contributed by atoms with van der Waals surface area (Å²) in [6.07, 6.45) is 13.5. The molecule has 1 unspecified atom stereocenters. The molecule has 9 atom stereocenters. The topological polar surface area (TPSA) is 40.5 Å². The average molecular weight is 417 g/mol. The molecular weight excluding hydrogens is 368 g/mol. The Morgan fingerprint density at radius 2 is 1.67 bits per heavy atom. The Hall–Kier alpha value is -0.340. The molecule has 0 aromatic rings. The Labute approximate surface area is 185 Å². The van der Waals surface area contributed by atoms with E-state index in [1.165, 1.54) is 51.4 Å². The molecule has 2 nitrogen and oxygen atoms in total. The number of fused-ring (bicyclic) bond motifs is 5. The molecule has 0 spiro atoms. The molecule has 4 rings (SSSR count). The Kier molecular flexibility index (Phi) is 6.02. The molecule has 4 saturated carbocycles. The van der Waals surface area contributed by atoms with Crippen LogP contribution in [-0.2, 0) is 0 Å². The number of rotatable bonds is 5. The summed E-state index contributed by atoms with van der Waals surface area (Å²) in [6.45, 7) is 16.0. The normalized spacial score (nSPS) is 47.4. The zero-order chi connectivity index (χ0) is 21.9. The highest BCUT2D eigenvalue weighted by atomic mass is 16.3. The fraction of sp³-hybridized carbons (Fsp3) is 0.929. The quantitative estimate of drug-likeness (QED) is 0.487. The molecular formula is C28H48O2. The van der Waals surface area contributed by atoms with Crippen molar-refractivity contribution < 1.29 is 10.2 Å². The van der Waals surface area contributed by atoms with Gasteiger partial charge in [0.2, 0.25) is 0 Å². The molecule has 0 aromatic carbocycles. The van der Waals surface area contributed by atoms with Crippen LogP contribution in [0, 0.1) is 46.3 Å². The van der Waals surface area contributed by atoms with E-state index in [1.807, 2.05) is 13.8 Å². The standard InChI is InChI=1S/C28H48O2/c1-18(8-7-15-26(3,4)30)21-11-12-23-20-9-10-22-19(2)25(29)14-17-28(22,6)24(20)13-16-27(21,23)5/h18,20-25,29-30H,2,7-17H2,1,3-6H3/t18-,20+,21-,22?,23+,24+,25+,27-,28+/m1/s1. The highest BCUT2D eigenvalue weighted by Gasteiger charge is 2.61. The van der Waals surface area contributed by atoms with E-state index in [1.54, 1.807) is 0 Å². The first-order valence-electron chi connectivity index (χ1n) is 13.1. The molecule has 0 heterocycles. The van der Waals surface area contributed by atoms with E-state index in [-0.39, 0.29) is 6.10 Å². The maximum Gasteiger partial charge on any atom is 0.0750 e. The predicted octanol–water partition coefficient (Wildman–Crippen LogP) is 6.75. The molecule has 0 amide bonds. The number of hydrogen-bond acceptors (Lipinski definition) is 2. The second-order valence-corrected chi connectivity index (χ2v) is 13.1. The van der Waals surface area contributed by atoms with Crippen LogP contribution in [0.1, 0.15) is 105 Å². The van der Waals surface area contributed by atoms with E-state index < -0.39 is 5.60 Å². The maximum atomic E-state index is 10.4. The molecule has 4 aliphatic rings. The second-order valence-electron chi connectivity index (χ2n) is 13.1. The van der Waals surface area contributed by atoms with Crippen molar-refractivity contribution in [3.63, 3.8) is 0 Å². The van der Waals surface area contributed by atoms with Crippen molar-refractivity contribution in [3.8, 4) is 0 Å². The molecule has 2 heteroatoms. The van der Waals surface area contributed by atoms with Crippen molar-refractivity contribution in [1.82, 2.24) is 0 Å². The summed E-state index contributed by atoms with van der Waals surface area (Å²) in [5.41, 5.74) is 1.52. The van der Waals surface area contributed by atoms with Crippen molar-refractivity contribution in [2.24, 2.45) is 46.3 Å². The third-order valence-corrected chi connectivity index (χ3v) is 10.9. The highest BCUT2D eigenvalue weighted by Crippen LogP contribution is 2.68. The fourth-order valence-corrected chi connectivity index (χ4v) is 9.32. The highest BCUT2D eigenvalue weighted by molar-refractivity contribution is 5.20. The Bertz CT molecular complexity index is 648.